The molecule has 3 nitrogen and oxygen atoms in total. The summed E-state index contributed by atoms with van der Waals surface area (Å²) in [5, 5.41) is 1.01. The van der Waals surface area contributed by atoms with Gasteiger partial charge in [0.15, 0.2) is 0 Å². The standard InChI is InChI=1S/C8H8N2O/c9-5-7-6-2-4-11-8(6)1-3-10-7/h1-4H,5,9H2. The van der Waals surface area contributed by atoms with Gasteiger partial charge in [-0.2, -0.15) is 0 Å². The summed E-state index contributed by atoms with van der Waals surface area (Å²) in [6.45, 7) is 0.455. The Morgan fingerprint density at radius 2 is 2.36 bits per heavy atom. The molecule has 0 unspecified atom stereocenters. The SMILES string of the molecule is NCc1nccc2occc12. The highest BCUT2D eigenvalue weighted by Gasteiger charge is 2.00. The van der Waals surface area contributed by atoms with Crippen molar-refractivity contribution in [2.75, 3.05) is 0 Å². The molecule has 2 rings (SSSR count). The molecule has 2 aromatic heterocycles. The minimum atomic E-state index is 0.455. The number of furan rings is 1. The number of pyridine rings is 1. The molecule has 0 amide bonds. The van der Waals surface area contributed by atoms with Crippen LogP contribution < -0.4 is 5.73 Å². The largest absolute Gasteiger partial charge is 0.464 e. The first kappa shape index (κ1) is 6.37. The lowest BCUT2D eigenvalue weighted by Gasteiger charge is -1.94. The predicted octanol–water partition coefficient (Wildman–Crippen LogP) is 1.29. The quantitative estimate of drug-likeness (QED) is 0.662. The maximum Gasteiger partial charge on any atom is 0.137 e. The molecule has 0 bridgehead atoms. The maximum absolute atomic E-state index is 5.47. The van der Waals surface area contributed by atoms with E-state index in [0.29, 0.717) is 6.54 Å². The molecular formula is C8H8N2O. The predicted molar refractivity (Wildman–Crippen MR) is 41.9 cm³/mol. The van der Waals surface area contributed by atoms with Crippen LogP contribution in [0.5, 0.6) is 0 Å². The van der Waals surface area contributed by atoms with Crippen LogP contribution in [-0.4, -0.2) is 4.98 Å². The molecule has 56 valence electrons. The van der Waals surface area contributed by atoms with E-state index in [2.05, 4.69) is 4.98 Å². The van der Waals surface area contributed by atoms with E-state index in [-0.39, 0.29) is 0 Å². The van der Waals surface area contributed by atoms with Gasteiger partial charge >= 0.3 is 0 Å². The lowest BCUT2D eigenvalue weighted by Crippen LogP contribution is -1.98. The number of rotatable bonds is 1. The van der Waals surface area contributed by atoms with Crippen LogP contribution in [0.2, 0.25) is 0 Å². The number of nitrogens with two attached hydrogens (primary N) is 1. The van der Waals surface area contributed by atoms with E-state index in [1.165, 1.54) is 0 Å². The van der Waals surface area contributed by atoms with Gasteiger partial charge < -0.3 is 10.2 Å². The highest BCUT2D eigenvalue weighted by atomic mass is 16.3. The fraction of sp³-hybridized carbons (Fsp3) is 0.125. The van der Waals surface area contributed by atoms with Crippen molar-refractivity contribution in [1.29, 1.82) is 0 Å². The molecule has 0 aliphatic heterocycles. The highest BCUT2D eigenvalue weighted by Crippen LogP contribution is 2.16. The third kappa shape index (κ3) is 0.897. The monoisotopic (exact) mass is 148 g/mol. The second-order valence-electron chi connectivity index (χ2n) is 2.29. The van der Waals surface area contributed by atoms with Crippen LogP contribution in [0.25, 0.3) is 11.0 Å². The van der Waals surface area contributed by atoms with E-state index >= 15 is 0 Å². The van der Waals surface area contributed by atoms with E-state index in [0.717, 1.165) is 16.7 Å². The smallest absolute Gasteiger partial charge is 0.137 e. The molecular weight excluding hydrogens is 140 g/mol. The zero-order valence-corrected chi connectivity index (χ0v) is 5.95. The van der Waals surface area contributed by atoms with Gasteiger partial charge in [0.25, 0.3) is 0 Å². The van der Waals surface area contributed by atoms with Gasteiger partial charge in [-0.25, -0.2) is 0 Å². The Labute approximate surface area is 63.8 Å². The molecule has 0 fully saturated rings. The third-order valence-electron chi connectivity index (χ3n) is 1.66. The number of fused-ring (bicyclic) bond motifs is 1. The van der Waals surface area contributed by atoms with Gasteiger partial charge in [-0.1, -0.05) is 0 Å². The maximum atomic E-state index is 5.47. The Hall–Kier alpha value is -1.35. The van der Waals surface area contributed by atoms with E-state index in [1.807, 2.05) is 12.1 Å². The average Bonchev–Trinajstić information content (AvgIpc) is 2.50. The number of hydrogen-bond acceptors (Lipinski definition) is 3. The van der Waals surface area contributed by atoms with Crippen LogP contribution in [0.4, 0.5) is 0 Å². The lowest BCUT2D eigenvalue weighted by molar-refractivity contribution is 0.615. The van der Waals surface area contributed by atoms with Crippen molar-refractivity contribution in [3.05, 3.63) is 30.3 Å². The fourth-order valence-electron chi connectivity index (χ4n) is 1.12. The van der Waals surface area contributed by atoms with Gasteiger partial charge in [-0.3, -0.25) is 4.98 Å². The zero-order chi connectivity index (χ0) is 7.68. The summed E-state index contributed by atoms with van der Waals surface area (Å²) >= 11 is 0. The normalized spacial score (nSPS) is 10.6. The highest BCUT2D eigenvalue weighted by molar-refractivity contribution is 5.79. The van der Waals surface area contributed by atoms with Crippen molar-refractivity contribution in [3.63, 3.8) is 0 Å². The summed E-state index contributed by atoms with van der Waals surface area (Å²) in [6.07, 6.45) is 3.35. The molecule has 3 heteroatoms. The average molecular weight is 148 g/mol. The van der Waals surface area contributed by atoms with Gasteiger partial charge in [0.2, 0.25) is 0 Å². The molecule has 0 atom stereocenters. The molecule has 2 N–H and O–H groups in total. The summed E-state index contributed by atoms with van der Waals surface area (Å²) < 4.78 is 5.16. The Kier molecular flexibility index (Phi) is 1.36. The molecule has 0 saturated carbocycles. The molecule has 11 heavy (non-hydrogen) atoms. The topological polar surface area (TPSA) is 52.0 Å². The van der Waals surface area contributed by atoms with E-state index in [9.17, 15) is 0 Å². The summed E-state index contributed by atoms with van der Waals surface area (Å²) in [5.74, 6) is 0. The molecule has 0 aromatic carbocycles. The minimum Gasteiger partial charge on any atom is -0.464 e. The molecule has 0 saturated heterocycles. The summed E-state index contributed by atoms with van der Waals surface area (Å²) in [6, 6.07) is 3.71. The Morgan fingerprint density at radius 1 is 1.45 bits per heavy atom. The van der Waals surface area contributed by atoms with Crippen LogP contribution in [0.1, 0.15) is 5.69 Å². The van der Waals surface area contributed by atoms with E-state index < -0.39 is 0 Å². The lowest BCUT2D eigenvalue weighted by atomic mass is 10.2. The van der Waals surface area contributed by atoms with Gasteiger partial charge in [-0.15, -0.1) is 0 Å². The number of hydrogen-bond donors (Lipinski definition) is 1. The molecule has 0 spiro atoms. The van der Waals surface area contributed by atoms with Crippen LogP contribution >= 0.6 is 0 Å². The third-order valence-corrected chi connectivity index (χ3v) is 1.66. The van der Waals surface area contributed by atoms with Gasteiger partial charge in [0, 0.05) is 18.1 Å². The first-order valence-corrected chi connectivity index (χ1v) is 3.43. The summed E-state index contributed by atoms with van der Waals surface area (Å²) in [7, 11) is 0. The Balaban J connectivity index is 2.79. The fourth-order valence-corrected chi connectivity index (χ4v) is 1.12. The van der Waals surface area contributed by atoms with Crippen LogP contribution in [0.3, 0.4) is 0 Å². The first-order chi connectivity index (χ1) is 5.42. The van der Waals surface area contributed by atoms with Crippen molar-refractivity contribution >= 4 is 11.0 Å². The summed E-state index contributed by atoms with van der Waals surface area (Å²) in [4.78, 5) is 4.11. The molecule has 0 aliphatic carbocycles. The summed E-state index contributed by atoms with van der Waals surface area (Å²) in [5.41, 5.74) is 7.20. The van der Waals surface area contributed by atoms with E-state index in [4.69, 9.17) is 10.2 Å². The Morgan fingerprint density at radius 3 is 3.18 bits per heavy atom. The molecule has 2 heterocycles. The van der Waals surface area contributed by atoms with Crippen LogP contribution in [0, 0.1) is 0 Å². The van der Waals surface area contributed by atoms with E-state index in [1.54, 1.807) is 12.5 Å². The van der Waals surface area contributed by atoms with Gasteiger partial charge in [0.05, 0.1) is 12.0 Å². The Bertz CT molecular complexity index is 367. The van der Waals surface area contributed by atoms with Crippen molar-refractivity contribution in [2.45, 2.75) is 6.54 Å². The van der Waals surface area contributed by atoms with Crippen molar-refractivity contribution in [2.24, 2.45) is 5.73 Å². The molecule has 0 radical (unpaired) electrons. The van der Waals surface area contributed by atoms with Gasteiger partial charge in [0.1, 0.15) is 5.58 Å². The first-order valence-electron chi connectivity index (χ1n) is 3.43. The number of nitrogens with zero attached hydrogens (tertiary/aromatic N) is 1. The molecule has 2 aromatic rings. The minimum absolute atomic E-state index is 0.455. The second-order valence-corrected chi connectivity index (χ2v) is 2.29. The second kappa shape index (κ2) is 2.36. The number of aromatic nitrogens is 1. The van der Waals surface area contributed by atoms with Gasteiger partial charge in [-0.05, 0) is 12.1 Å². The zero-order valence-electron chi connectivity index (χ0n) is 5.95. The van der Waals surface area contributed by atoms with Crippen molar-refractivity contribution in [3.8, 4) is 0 Å². The molecule has 0 aliphatic rings. The van der Waals surface area contributed by atoms with Crippen LogP contribution in [0.15, 0.2) is 29.0 Å². The van der Waals surface area contributed by atoms with Crippen molar-refractivity contribution in [1.82, 2.24) is 4.98 Å². The van der Waals surface area contributed by atoms with Crippen LogP contribution in [-0.2, 0) is 6.54 Å². The van der Waals surface area contributed by atoms with Crippen molar-refractivity contribution < 1.29 is 4.42 Å².